The number of hydrogen-bond acceptors (Lipinski definition) is 2. The van der Waals surface area contributed by atoms with E-state index in [4.69, 9.17) is 0 Å². The van der Waals surface area contributed by atoms with Crippen LogP contribution in [0.3, 0.4) is 0 Å². The molecule has 27 heavy (non-hydrogen) atoms. The van der Waals surface area contributed by atoms with Crippen LogP contribution in [0.5, 0.6) is 0 Å². The molecule has 1 aliphatic heterocycles. The zero-order valence-corrected chi connectivity index (χ0v) is 16.6. The highest BCUT2D eigenvalue weighted by atomic mass is 35.5. The van der Waals surface area contributed by atoms with Gasteiger partial charge in [0.2, 0.25) is 0 Å². The average molecular weight is 441 g/mol. The molecule has 1 heterocycles. The van der Waals surface area contributed by atoms with E-state index in [-0.39, 0.29) is 42.4 Å². The van der Waals surface area contributed by atoms with Crippen LogP contribution in [0.1, 0.15) is 43.0 Å². The summed E-state index contributed by atoms with van der Waals surface area (Å²) in [6.45, 7) is 6.26. The Bertz CT molecular complexity index is 554. The summed E-state index contributed by atoms with van der Waals surface area (Å²) >= 11 is 0. The lowest BCUT2D eigenvalue weighted by molar-refractivity contribution is -0.143. The number of hydrogen-bond donors (Lipinski definition) is 1. The summed E-state index contributed by atoms with van der Waals surface area (Å²) in [5.74, 6) is -0.0670. The Balaban J connectivity index is 0.00000338. The topological polar surface area (TPSA) is 15.3 Å². The first-order chi connectivity index (χ1) is 11.5. The molecule has 1 aromatic rings. The van der Waals surface area contributed by atoms with E-state index >= 15 is 0 Å². The van der Waals surface area contributed by atoms with Crippen molar-refractivity contribution in [2.45, 2.75) is 38.7 Å². The predicted molar refractivity (Wildman–Crippen MR) is 97.6 cm³/mol. The van der Waals surface area contributed by atoms with Crippen LogP contribution in [-0.4, -0.2) is 31.1 Å². The molecule has 0 saturated carbocycles. The summed E-state index contributed by atoms with van der Waals surface area (Å²) in [5, 5.41) is 3.15. The molecular formula is C17H24Cl2F6N2. The lowest BCUT2D eigenvalue weighted by Gasteiger charge is -2.39. The number of alkyl halides is 6. The van der Waals surface area contributed by atoms with E-state index in [0.717, 1.165) is 12.1 Å². The Morgan fingerprint density at radius 2 is 1.37 bits per heavy atom. The molecular weight excluding hydrogens is 417 g/mol. The molecule has 1 unspecified atom stereocenters. The van der Waals surface area contributed by atoms with Crippen molar-refractivity contribution in [1.82, 2.24) is 10.2 Å². The molecule has 0 aliphatic carbocycles. The Labute approximate surface area is 167 Å². The van der Waals surface area contributed by atoms with Gasteiger partial charge in [-0.2, -0.15) is 26.3 Å². The van der Waals surface area contributed by atoms with Gasteiger partial charge in [-0.15, -0.1) is 24.8 Å². The van der Waals surface area contributed by atoms with Gasteiger partial charge in [-0.3, -0.25) is 4.90 Å². The van der Waals surface area contributed by atoms with E-state index < -0.39 is 29.5 Å². The van der Waals surface area contributed by atoms with Crippen LogP contribution in [0.4, 0.5) is 26.3 Å². The fourth-order valence-electron chi connectivity index (χ4n) is 3.23. The fourth-order valence-corrected chi connectivity index (χ4v) is 3.23. The molecule has 2 atom stereocenters. The summed E-state index contributed by atoms with van der Waals surface area (Å²) in [7, 11) is 0. The van der Waals surface area contributed by atoms with Gasteiger partial charge in [-0.25, -0.2) is 0 Å². The smallest absolute Gasteiger partial charge is 0.314 e. The number of piperazine rings is 1. The highest BCUT2D eigenvalue weighted by Crippen LogP contribution is 2.40. The van der Waals surface area contributed by atoms with Crippen LogP contribution >= 0.6 is 24.8 Å². The number of nitrogens with zero attached hydrogens (tertiary/aromatic N) is 1. The monoisotopic (exact) mass is 440 g/mol. The fraction of sp³-hybridized carbons (Fsp3) is 0.647. The van der Waals surface area contributed by atoms with Gasteiger partial charge in [0.25, 0.3) is 0 Å². The van der Waals surface area contributed by atoms with Gasteiger partial charge >= 0.3 is 12.4 Å². The standard InChI is InChI=1S/C17H22F6N2.2ClH/c1-3-11(2)15(25-6-4-24-5-7-25)12-8-13(16(18,19)20)10-14(9-12)17(21,22)23;;/h8-11,15,24H,3-7H2,1-2H3;2*1H/t11?,15-;;/m0../s1. The molecule has 1 aliphatic rings. The van der Waals surface area contributed by atoms with Gasteiger partial charge in [-0.05, 0) is 29.7 Å². The van der Waals surface area contributed by atoms with Gasteiger partial charge in [0, 0.05) is 32.2 Å². The van der Waals surface area contributed by atoms with Crippen LogP contribution in [0.25, 0.3) is 0 Å². The van der Waals surface area contributed by atoms with Crippen LogP contribution in [0.15, 0.2) is 18.2 Å². The number of nitrogens with one attached hydrogen (secondary N) is 1. The van der Waals surface area contributed by atoms with Crippen molar-refractivity contribution in [2.24, 2.45) is 5.92 Å². The third kappa shape index (κ3) is 6.69. The number of benzene rings is 1. The Morgan fingerprint density at radius 3 is 1.74 bits per heavy atom. The van der Waals surface area contributed by atoms with Gasteiger partial charge in [-0.1, -0.05) is 20.3 Å². The first kappa shape index (κ1) is 26.3. The van der Waals surface area contributed by atoms with Crippen LogP contribution in [0.2, 0.25) is 0 Å². The second-order valence-corrected chi connectivity index (χ2v) is 6.46. The highest BCUT2D eigenvalue weighted by Gasteiger charge is 2.38. The van der Waals surface area contributed by atoms with E-state index in [1.807, 2.05) is 18.7 Å². The quantitative estimate of drug-likeness (QED) is 0.616. The Hall–Kier alpha value is -0.700. The van der Waals surface area contributed by atoms with Crippen molar-refractivity contribution in [2.75, 3.05) is 26.2 Å². The van der Waals surface area contributed by atoms with E-state index in [1.54, 1.807) is 0 Å². The molecule has 0 spiro atoms. The molecule has 0 aromatic heterocycles. The first-order valence-corrected chi connectivity index (χ1v) is 8.28. The van der Waals surface area contributed by atoms with E-state index in [2.05, 4.69) is 5.32 Å². The van der Waals surface area contributed by atoms with E-state index in [1.165, 1.54) is 0 Å². The van der Waals surface area contributed by atoms with Crippen molar-refractivity contribution in [1.29, 1.82) is 0 Å². The number of rotatable bonds is 4. The summed E-state index contributed by atoms with van der Waals surface area (Å²) in [4.78, 5) is 1.97. The maximum Gasteiger partial charge on any atom is 0.416 e. The van der Waals surface area contributed by atoms with Crippen molar-refractivity contribution in [3.05, 3.63) is 34.9 Å². The Morgan fingerprint density at radius 1 is 0.926 bits per heavy atom. The minimum absolute atomic E-state index is 0. The van der Waals surface area contributed by atoms with Gasteiger partial charge in [0.05, 0.1) is 11.1 Å². The molecule has 158 valence electrons. The third-order valence-electron chi connectivity index (χ3n) is 4.68. The SMILES string of the molecule is CCC(C)[C@@H](c1cc(C(F)(F)F)cc(C(F)(F)F)c1)N1CCNCC1.Cl.Cl. The van der Waals surface area contributed by atoms with Crippen molar-refractivity contribution < 1.29 is 26.3 Å². The molecule has 1 fully saturated rings. The van der Waals surface area contributed by atoms with Gasteiger partial charge in [0.1, 0.15) is 0 Å². The molecule has 0 radical (unpaired) electrons. The average Bonchev–Trinajstić information content (AvgIpc) is 2.54. The molecule has 2 rings (SSSR count). The normalized spacial score (nSPS) is 18.2. The molecule has 1 aromatic carbocycles. The predicted octanol–water partition coefficient (Wildman–Crippen LogP) is 5.56. The second-order valence-electron chi connectivity index (χ2n) is 6.46. The minimum Gasteiger partial charge on any atom is -0.314 e. The van der Waals surface area contributed by atoms with Crippen molar-refractivity contribution in [3.63, 3.8) is 0 Å². The largest absolute Gasteiger partial charge is 0.416 e. The zero-order valence-electron chi connectivity index (χ0n) is 15.0. The maximum atomic E-state index is 13.1. The molecule has 10 heteroatoms. The highest BCUT2D eigenvalue weighted by molar-refractivity contribution is 5.85. The van der Waals surface area contributed by atoms with E-state index in [0.29, 0.717) is 32.6 Å². The van der Waals surface area contributed by atoms with Crippen molar-refractivity contribution in [3.8, 4) is 0 Å². The zero-order chi connectivity index (χ0) is 18.8. The van der Waals surface area contributed by atoms with Crippen molar-refractivity contribution >= 4 is 24.8 Å². The number of halogens is 8. The summed E-state index contributed by atoms with van der Waals surface area (Å²) < 4.78 is 78.8. The summed E-state index contributed by atoms with van der Waals surface area (Å²) in [6.07, 6.45) is -8.98. The molecule has 2 nitrogen and oxygen atoms in total. The Kier molecular flexibility index (Phi) is 9.92. The maximum absolute atomic E-state index is 13.1. The first-order valence-electron chi connectivity index (χ1n) is 8.28. The molecule has 1 saturated heterocycles. The summed E-state index contributed by atoms with van der Waals surface area (Å²) in [5.41, 5.74) is -2.42. The van der Waals surface area contributed by atoms with Crippen LogP contribution < -0.4 is 5.32 Å². The minimum atomic E-state index is -4.82. The second kappa shape index (κ2) is 10.2. The lowest BCUT2D eigenvalue weighted by Crippen LogP contribution is -2.46. The van der Waals surface area contributed by atoms with Crippen LogP contribution in [0, 0.1) is 5.92 Å². The lowest BCUT2D eigenvalue weighted by atomic mass is 9.88. The third-order valence-corrected chi connectivity index (χ3v) is 4.68. The summed E-state index contributed by atoms with van der Waals surface area (Å²) in [6, 6.07) is 1.45. The van der Waals surface area contributed by atoms with Gasteiger partial charge in [0.15, 0.2) is 0 Å². The van der Waals surface area contributed by atoms with E-state index in [9.17, 15) is 26.3 Å². The molecule has 1 N–H and O–H groups in total. The van der Waals surface area contributed by atoms with Gasteiger partial charge < -0.3 is 5.32 Å². The molecule has 0 amide bonds. The molecule has 0 bridgehead atoms. The van der Waals surface area contributed by atoms with Crippen LogP contribution in [-0.2, 0) is 12.4 Å².